The molecule has 222 valence electrons. The van der Waals surface area contributed by atoms with Gasteiger partial charge >= 0.3 is 0 Å². The van der Waals surface area contributed by atoms with Crippen LogP contribution in [0, 0.1) is 13.8 Å². The maximum Gasteiger partial charge on any atom is 0.231 e. The minimum Gasteiger partial charge on any atom is -0.488 e. The van der Waals surface area contributed by atoms with Gasteiger partial charge in [0, 0.05) is 17.7 Å². The van der Waals surface area contributed by atoms with Crippen LogP contribution in [0.3, 0.4) is 0 Å². The molecule has 4 heterocycles. The van der Waals surface area contributed by atoms with Crippen molar-refractivity contribution in [3.8, 4) is 5.75 Å². The number of aromatic amines is 1. The number of nitrogens with one attached hydrogen (secondary N) is 3. The molecule has 4 aromatic rings. The standard InChI is InChI=1S/C31H39N7O3S/c1-17(2)42(39,40)25-10-8-7-9-23(25)32-29-27-20(5)36-37-30(27)35-31(34-29)33-24-15-18(3)26(21-11-13-38(6)14-12-21)22-16-19(4)41-28(22)24/h7-10,15,17,19,21H,11-14,16H2,1-6H3,(H3,32,33,34,35,36,37). The van der Waals surface area contributed by atoms with E-state index in [1.807, 2.05) is 6.92 Å². The van der Waals surface area contributed by atoms with Crippen molar-refractivity contribution < 1.29 is 13.2 Å². The van der Waals surface area contributed by atoms with Crippen molar-refractivity contribution in [2.75, 3.05) is 30.8 Å². The number of aromatic nitrogens is 4. The highest BCUT2D eigenvalue weighted by Gasteiger charge is 2.32. The molecule has 0 aliphatic carbocycles. The van der Waals surface area contributed by atoms with Crippen LogP contribution in [0.1, 0.15) is 61.9 Å². The summed E-state index contributed by atoms with van der Waals surface area (Å²) in [5, 5.41) is 14.2. The van der Waals surface area contributed by atoms with Crippen LogP contribution >= 0.6 is 0 Å². The number of ether oxygens (including phenoxy) is 1. The highest BCUT2D eigenvalue weighted by atomic mass is 32.2. The third kappa shape index (κ3) is 5.09. The van der Waals surface area contributed by atoms with Crippen LogP contribution in [0.5, 0.6) is 5.75 Å². The first kappa shape index (κ1) is 28.4. The van der Waals surface area contributed by atoms with Crippen molar-refractivity contribution in [3.63, 3.8) is 0 Å². The first-order chi connectivity index (χ1) is 20.0. The lowest BCUT2D eigenvalue weighted by Gasteiger charge is -2.31. The molecule has 6 rings (SSSR count). The summed E-state index contributed by atoms with van der Waals surface area (Å²) < 4.78 is 32.7. The van der Waals surface area contributed by atoms with Crippen molar-refractivity contribution in [3.05, 3.63) is 52.7 Å². The van der Waals surface area contributed by atoms with Gasteiger partial charge in [0.2, 0.25) is 5.95 Å². The van der Waals surface area contributed by atoms with Crippen molar-refractivity contribution >= 4 is 44.0 Å². The van der Waals surface area contributed by atoms with Gasteiger partial charge in [0.25, 0.3) is 0 Å². The summed E-state index contributed by atoms with van der Waals surface area (Å²) >= 11 is 0. The number of sulfone groups is 1. The van der Waals surface area contributed by atoms with E-state index in [4.69, 9.17) is 14.7 Å². The van der Waals surface area contributed by atoms with E-state index in [9.17, 15) is 8.42 Å². The molecule has 1 saturated heterocycles. The molecular weight excluding hydrogens is 550 g/mol. The Balaban J connectivity index is 1.40. The van der Waals surface area contributed by atoms with Gasteiger partial charge in [0.05, 0.1) is 26.9 Å². The van der Waals surface area contributed by atoms with E-state index in [-0.39, 0.29) is 11.0 Å². The van der Waals surface area contributed by atoms with E-state index in [1.54, 1.807) is 38.1 Å². The van der Waals surface area contributed by atoms with Crippen molar-refractivity contribution in [1.29, 1.82) is 0 Å². The van der Waals surface area contributed by atoms with Crippen LogP contribution in [0.2, 0.25) is 0 Å². The molecule has 0 radical (unpaired) electrons. The Morgan fingerprint density at radius 3 is 2.55 bits per heavy atom. The van der Waals surface area contributed by atoms with Gasteiger partial charge in [-0.1, -0.05) is 12.1 Å². The topological polar surface area (TPSA) is 125 Å². The van der Waals surface area contributed by atoms with E-state index in [0.717, 1.165) is 49.5 Å². The predicted molar refractivity (Wildman–Crippen MR) is 166 cm³/mol. The summed E-state index contributed by atoms with van der Waals surface area (Å²) in [6, 6.07) is 9.04. The summed E-state index contributed by atoms with van der Waals surface area (Å²) in [7, 11) is -1.35. The second kappa shape index (κ2) is 10.9. The average molecular weight is 590 g/mol. The molecule has 0 spiro atoms. The average Bonchev–Trinajstić information content (AvgIpc) is 3.52. The maximum absolute atomic E-state index is 13.1. The molecule has 10 nitrogen and oxygen atoms in total. The van der Waals surface area contributed by atoms with Gasteiger partial charge < -0.3 is 20.3 Å². The van der Waals surface area contributed by atoms with Gasteiger partial charge in [-0.25, -0.2) is 8.42 Å². The zero-order valence-electron chi connectivity index (χ0n) is 25.1. The molecule has 2 aliphatic heterocycles. The summed E-state index contributed by atoms with van der Waals surface area (Å²) in [6.45, 7) is 11.7. The number of benzene rings is 2. The maximum atomic E-state index is 13.1. The molecule has 1 atom stereocenters. The fourth-order valence-electron chi connectivity index (χ4n) is 6.24. The molecule has 42 heavy (non-hydrogen) atoms. The minimum absolute atomic E-state index is 0.0846. The van der Waals surface area contributed by atoms with Crippen LogP contribution in [0.15, 0.2) is 35.2 Å². The van der Waals surface area contributed by atoms with Crippen molar-refractivity contribution in [2.45, 2.75) is 76.0 Å². The third-order valence-electron chi connectivity index (χ3n) is 8.48. The highest BCUT2D eigenvalue weighted by molar-refractivity contribution is 7.92. The summed E-state index contributed by atoms with van der Waals surface area (Å²) in [6.07, 6.45) is 3.25. The van der Waals surface area contributed by atoms with Gasteiger partial charge in [-0.2, -0.15) is 15.1 Å². The Labute approximate surface area is 247 Å². The lowest BCUT2D eigenvalue weighted by Crippen LogP contribution is -2.29. The Bertz CT molecular complexity index is 1760. The van der Waals surface area contributed by atoms with E-state index in [1.165, 1.54) is 16.7 Å². The number of anilines is 4. The van der Waals surface area contributed by atoms with Gasteiger partial charge in [0.1, 0.15) is 17.7 Å². The van der Waals surface area contributed by atoms with Gasteiger partial charge in [-0.05, 0) is 103 Å². The number of likely N-dealkylation sites (tertiary alicyclic amines) is 1. The number of piperidine rings is 1. The summed E-state index contributed by atoms with van der Waals surface area (Å²) in [5.74, 6) is 2.20. The lowest BCUT2D eigenvalue weighted by atomic mass is 9.82. The number of hydrogen-bond acceptors (Lipinski definition) is 9. The normalized spacial score (nSPS) is 17.9. The number of fused-ring (bicyclic) bond motifs is 2. The lowest BCUT2D eigenvalue weighted by molar-refractivity contribution is 0.254. The molecule has 1 unspecified atom stereocenters. The molecule has 0 amide bonds. The molecule has 3 N–H and O–H groups in total. The first-order valence-corrected chi connectivity index (χ1v) is 16.2. The molecule has 1 fully saturated rings. The molecule has 2 aliphatic rings. The molecular formula is C31H39N7O3S. The fraction of sp³-hybridized carbons (Fsp3) is 0.452. The number of aryl methyl sites for hydroxylation is 2. The Morgan fingerprint density at radius 1 is 1.07 bits per heavy atom. The van der Waals surface area contributed by atoms with Gasteiger partial charge in [-0.15, -0.1) is 0 Å². The molecule has 0 bridgehead atoms. The Kier molecular flexibility index (Phi) is 7.34. The number of nitrogens with zero attached hydrogens (tertiary/aromatic N) is 4. The molecule has 2 aromatic carbocycles. The summed E-state index contributed by atoms with van der Waals surface area (Å²) in [4.78, 5) is 12.2. The quantitative estimate of drug-likeness (QED) is 0.246. The van der Waals surface area contributed by atoms with E-state index >= 15 is 0 Å². The Morgan fingerprint density at radius 2 is 1.81 bits per heavy atom. The molecule has 0 saturated carbocycles. The van der Waals surface area contributed by atoms with Crippen molar-refractivity contribution in [1.82, 2.24) is 25.1 Å². The second-order valence-corrected chi connectivity index (χ2v) is 14.4. The molecule has 2 aromatic heterocycles. The third-order valence-corrected chi connectivity index (χ3v) is 10.7. The minimum atomic E-state index is -3.53. The van der Waals surface area contributed by atoms with E-state index in [2.05, 4.69) is 52.7 Å². The Hall–Kier alpha value is -3.70. The first-order valence-electron chi connectivity index (χ1n) is 14.6. The van der Waals surface area contributed by atoms with Crippen LogP contribution < -0.4 is 15.4 Å². The van der Waals surface area contributed by atoms with Crippen LogP contribution in [0.4, 0.5) is 23.1 Å². The largest absolute Gasteiger partial charge is 0.488 e. The van der Waals surface area contributed by atoms with E-state index in [0.29, 0.717) is 34.4 Å². The summed E-state index contributed by atoms with van der Waals surface area (Å²) in [5.41, 5.74) is 6.48. The number of hydrogen-bond donors (Lipinski definition) is 3. The van der Waals surface area contributed by atoms with Crippen LogP contribution in [-0.4, -0.2) is 65.0 Å². The van der Waals surface area contributed by atoms with E-state index < -0.39 is 15.1 Å². The highest BCUT2D eigenvalue weighted by Crippen LogP contribution is 2.46. The molecule has 11 heteroatoms. The van der Waals surface area contributed by atoms with Crippen LogP contribution in [-0.2, 0) is 16.3 Å². The zero-order chi connectivity index (χ0) is 29.8. The number of H-pyrrole nitrogens is 1. The van der Waals surface area contributed by atoms with Crippen LogP contribution in [0.25, 0.3) is 11.0 Å². The smallest absolute Gasteiger partial charge is 0.231 e. The van der Waals surface area contributed by atoms with Crippen molar-refractivity contribution in [2.24, 2.45) is 0 Å². The predicted octanol–water partition coefficient (Wildman–Crippen LogP) is 5.77. The van der Waals surface area contributed by atoms with Gasteiger partial charge in [-0.3, -0.25) is 5.10 Å². The fourth-order valence-corrected chi connectivity index (χ4v) is 7.44. The number of para-hydroxylation sites is 1. The van der Waals surface area contributed by atoms with Gasteiger partial charge in [0.15, 0.2) is 15.5 Å². The zero-order valence-corrected chi connectivity index (χ0v) is 25.9. The second-order valence-electron chi connectivity index (χ2n) is 12.0. The number of rotatable bonds is 7. The monoisotopic (exact) mass is 589 g/mol. The SMILES string of the molecule is Cc1cc(Nc2nc(Nc3ccccc3S(=O)(=O)C(C)C)c3c(C)[nH]nc3n2)c2c(c1C1CCN(C)CC1)CC(C)O2.